The maximum absolute atomic E-state index is 12.5. The van der Waals surface area contributed by atoms with Gasteiger partial charge in [-0.25, -0.2) is 4.98 Å². The quantitative estimate of drug-likeness (QED) is 0.484. The lowest BCUT2D eigenvalue weighted by molar-refractivity contribution is -0.128. The maximum Gasteiger partial charge on any atom is 0.232 e. The zero-order valence-electron chi connectivity index (χ0n) is 17.8. The number of likely N-dealkylation sites (tertiary alicyclic amines) is 1. The molecule has 0 radical (unpaired) electrons. The van der Waals surface area contributed by atoms with Gasteiger partial charge in [-0.3, -0.25) is 4.79 Å². The second-order valence-corrected chi connectivity index (χ2v) is 9.50. The van der Waals surface area contributed by atoms with Crippen molar-refractivity contribution < 1.29 is 9.53 Å². The monoisotopic (exact) mass is 454 g/mol. The largest absolute Gasteiger partial charge is 0.497 e. The van der Waals surface area contributed by atoms with E-state index in [0.29, 0.717) is 5.75 Å². The van der Waals surface area contributed by atoms with E-state index in [-0.39, 0.29) is 5.91 Å². The van der Waals surface area contributed by atoms with Gasteiger partial charge in [-0.15, -0.1) is 21.5 Å². The highest BCUT2D eigenvalue weighted by Gasteiger charge is 2.17. The molecule has 1 amide bonds. The lowest BCUT2D eigenvalue weighted by Gasteiger charge is -2.19. The van der Waals surface area contributed by atoms with Gasteiger partial charge in [0, 0.05) is 18.7 Å². The van der Waals surface area contributed by atoms with Crippen molar-refractivity contribution in [1.29, 1.82) is 0 Å². The summed E-state index contributed by atoms with van der Waals surface area (Å²) in [4.78, 5) is 20.2. The van der Waals surface area contributed by atoms with Gasteiger partial charge in [0.05, 0.1) is 23.4 Å². The number of thioether (sulfide) groups is 1. The molecule has 162 valence electrons. The van der Waals surface area contributed by atoms with Gasteiger partial charge in [0.25, 0.3) is 0 Å². The molecule has 0 unspecified atom stereocenters. The summed E-state index contributed by atoms with van der Waals surface area (Å²) in [5.41, 5.74) is 2.78. The standard InChI is InChI=1S/C23H26N4O2S2/c1-16-22(31-23(24-16)17-7-9-18(29-2)10-8-17)19-11-12-20(26-25-19)30-15-21(28)27-13-5-3-4-6-14-27/h7-12H,3-6,13-15H2,1-2H3. The zero-order chi connectivity index (χ0) is 21.6. The lowest BCUT2D eigenvalue weighted by atomic mass is 10.2. The predicted molar refractivity (Wildman–Crippen MR) is 126 cm³/mol. The Bertz CT molecular complexity index is 1010. The predicted octanol–water partition coefficient (Wildman–Crippen LogP) is 5.08. The Labute approximate surface area is 191 Å². The van der Waals surface area contributed by atoms with Crippen molar-refractivity contribution in [3.05, 3.63) is 42.1 Å². The van der Waals surface area contributed by atoms with Crippen LogP contribution in [0.15, 0.2) is 41.4 Å². The van der Waals surface area contributed by atoms with Crippen molar-refractivity contribution in [3.63, 3.8) is 0 Å². The molecule has 6 nitrogen and oxygen atoms in total. The third kappa shape index (κ3) is 5.43. The Morgan fingerprint density at radius 1 is 1.06 bits per heavy atom. The summed E-state index contributed by atoms with van der Waals surface area (Å²) in [6.07, 6.45) is 4.66. The Hall–Kier alpha value is -2.45. The van der Waals surface area contributed by atoms with Crippen LogP contribution in [0.2, 0.25) is 0 Å². The first-order valence-electron chi connectivity index (χ1n) is 10.5. The number of carbonyl (C=O) groups excluding carboxylic acids is 1. The van der Waals surface area contributed by atoms with E-state index < -0.39 is 0 Å². The number of rotatable bonds is 6. The van der Waals surface area contributed by atoms with Crippen LogP contribution in [0.4, 0.5) is 0 Å². The number of hydrogen-bond donors (Lipinski definition) is 0. The summed E-state index contributed by atoms with van der Waals surface area (Å²) in [5, 5.41) is 10.5. The molecule has 1 aliphatic heterocycles. The fourth-order valence-corrected chi connectivity index (χ4v) is 5.31. The number of aryl methyl sites for hydroxylation is 1. The van der Waals surface area contributed by atoms with Gasteiger partial charge in [-0.2, -0.15) is 0 Å². The van der Waals surface area contributed by atoms with Crippen molar-refractivity contribution in [2.45, 2.75) is 37.6 Å². The summed E-state index contributed by atoms with van der Waals surface area (Å²) in [6.45, 7) is 3.75. The fourth-order valence-electron chi connectivity index (χ4n) is 3.56. The van der Waals surface area contributed by atoms with Gasteiger partial charge in [-0.05, 0) is 56.2 Å². The first-order chi connectivity index (χ1) is 15.1. The molecule has 1 saturated heterocycles. The molecule has 1 aromatic carbocycles. The minimum atomic E-state index is 0.195. The molecule has 2 aromatic heterocycles. The van der Waals surface area contributed by atoms with Crippen molar-refractivity contribution in [1.82, 2.24) is 20.1 Å². The minimum absolute atomic E-state index is 0.195. The highest BCUT2D eigenvalue weighted by molar-refractivity contribution is 7.99. The van der Waals surface area contributed by atoms with E-state index >= 15 is 0 Å². The molecule has 31 heavy (non-hydrogen) atoms. The Kier molecular flexibility index (Phi) is 7.19. The summed E-state index contributed by atoms with van der Waals surface area (Å²) >= 11 is 3.06. The number of ether oxygens (including phenoxy) is 1. The normalized spacial score (nSPS) is 14.3. The van der Waals surface area contributed by atoms with Crippen LogP contribution in [0.3, 0.4) is 0 Å². The van der Waals surface area contributed by atoms with E-state index in [1.807, 2.05) is 48.2 Å². The third-order valence-electron chi connectivity index (χ3n) is 5.31. The van der Waals surface area contributed by atoms with Crippen LogP contribution in [0.5, 0.6) is 5.75 Å². The number of thiazole rings is 1. The van der Waals surface area contributed by atoms with Crippen LogP contribution < -0.4 is 4.74 Å². The molecule has 0 saturated carbocycles. The van der Waals surface area contributed by atoms with E-state index in [2.05, 4.69) is 10.2 Å². The van der Waals surface area contributed by atoms with Crippen molar-refractivity contribution in [2.75, 3.05) is 26.0 Å². The first-order valence-corrected chi connectivity index (χ1v) is 12.3. The van der Waals surface area contributed by atoms with Gasteiger partial charge in [0.15, 0.2) is 0 Å². The molecule has 0 N–H and O–H groups in total. The third-order valence-corrected chi connectivity index (χ3v) is 7.44. The number of amides is 1. The van der Waals surface area contributed by atoms with Crippen LogP contribution >= 0.6 is 23.1 Å². The number of benzene rings is 1. The topological polar surface area (TPSA) is 68.2 Å². The first kappa shape index (κ1) is 21.8. The molecule has 0 aliphatic carbocycles. The van der Waals surface area contributed by atoms with Crippen LogP contribution in [-0.2, 0) is 4.79 Å². The molecule has 0 atom stereocenters. The summed E-state index contributed by atoms with van der Waals surface area (Å²) < 4.78 is 5.23. The Morgan fingerprint density at radius 2 is 1.81 bits per heavy atom. The molecule has 8 heteroatoms. The van der Waals surface area contributed by atoms with E-state index in [1.54, 1.807) is 18.4 Å². The van der Waals surface area contributed by atoms with Gasteiger partial charge in [0.2, 0.25) is 5.91 Å². The van der Waals surface area contributed by atoms with Crippen LogP contribution in [0, 0.1) is 6.92 Å². The molecule has 3 aromatic rings. The van der Waals surface area contributed by atoms with Crippen molar-refractivity contribution in [3.8, 4) is 26.9 Å². The second-order valence-electron chi connectivity index (χ2n) is 7.50. The number of hydrogen-bond acceptors (Lipinski definition) is 7. The molecule has 1 fully saturated rings. The van der Waals surface area contributed by atoms with Gasteiger partial charge in [-0.1, -0.05) is 24.6 Å². The highest BCUT2D eigenvalue weighted by Crippen LogP contribution is 2.35. The van der Waals surface area contributed by atoms with Crippen LogP contribution in [0.25, 0.3) is 21.1 Å². The molecule has 4 rings (SSSR count). The SMILES string of the molecule is COc1ccc(-c2nc(C)c(-c3ccc(SCC(=O)N4CCCCCC4)nn3)s2)cc1. The summed E-state index contributed by atoms with van der Waals surface area (Å²) in [5.74, 6) is 1.43. The van der Waals surface area contributed by atoms with Gasteiger partial charge in [0.1, 0.15) is 21.5 Å². The number of nitrogens with zero attached hydrogens (tertiary/aromatic N) is 4. The molecule has 0 spiro atoms. The molecular weight excluding hydrogens is 428 g/mol. The fraction of sp³-hybridized carbons (Fsp3) is 0.391. The number of aromatic nitrogens is 3. The molecule has 0 bridgehead atoms. The Balaban J connectivity index is 1.40. The smallest absolute Gasteiger partial charge is 0.232 e. The van der Waals surface area contributed by atoms with Crippen LogP contribution in [-0.4, -0.2) is 51.9 Å². The maximum atomic E-state index is 12.5. The minimum Gasteiger partial charge on any atom is -0.497 e. The van der Waals surface area contributed by atoms with Gasteiger partial charge < -0.3 is 9.64 Å². The van der Waals surface area contributed by atoms with E-state index in [1.165, 1.54) is 24.6 Å². The lowest BCUT2D eigenvalue weighted by Crippen LogP contribution is -2.33. The summed E-state index contributed by atoms with van der Waals surface area (Å²) in [6, 6.07) is 11.8. The number of carbonyl (C=O) groups is 1. The van der Waals surface area contributed by atoms with E-state index in [4.69, 9.17) is 9.72 Å². The van der Waals surface area contributed by atoms with Gasteiger partial charge >= 0.3 is 0 Å². The number of methoxy groups -OCH3 is 1. The molecule has 3 heterocycles. The van der Waals surface area contributed by atoms with E-state index in [0.717, 1.165) is 63.5 Å². The average Bonchev–Trinajstić information content (AvgIpc) is 3.01. The highest BCUT2D eigenvalue weighted by atomic mass is 32.2. The second kappa shape index (κ2) is 10.2. The Morgan fingerprint density at radius 3 is 2.45 bits per heavy atom. The van der Waals surface area contributed by atoms with Crippen molar-refractivity contribution >= 4 is 29.0 Å². The van der Waals surface area contributed by atoms with E-state index in [9.17, 15) is 4.79 Å². The average molecular weight is 455 g/mol. The molecule has 1 aliphatic rings. The zero-order valence-corrected chi connectivity index (χ0v) is 19.5. The summed E-state index contributed by atoms with van der Waals surface area (Å²) in [7, 11) is 1.66. The van der Waals surface area contributed by atoms with Crippen LogP contribution in [0.1, 0.15) is 31.4 Å². The molecular formula is C23H26N4O2S2. The van der Waals surface area contributed by atoms with Crippen molar-refractivity contribution in [2.24, 2.45) is 0 Å².